The van der Waals surface area contributed by atoms with Gasteiger partial charge < -0.3 is 23.5 Å². The SMILES string of the molecule is CCCOP(=O)(O)OCC(=O)NCCC[Si](OC)(OC)OC. The minimum Gasteiger partial charge on any atom is -0.377 e. The molecule has 2 N–H and O–H groups in total. The Labute approximate surface area is 132 Å². The summed E-state index contributed by atoms with van der Waals surface area (Å²) in [7, 11) is -2.25. The predicted molar refractivity (Wildman–Crippen MR) is 81.2 cm³/mol. The highest BCUT2D eigenvalue weighted by atomic mass is 31.2. The second-order valence-corrected chi connectivity index (χ2v) is 8.87. The summed E-state index contributed by atoms with van der Waals surface area (Å²) in [5.41, 5.74) is 0. The number of carbonyl (C=O) groups is 1. The minimum atomic E-state index is -4.16. The van der Waals surface area contributed by atoms with Gasteiger partial charge in [-0.3, -0.25) is 13.8 Å². The predicted octanol–water partition coefficient (Wildman–Crippen LogP) is 0.914. The molecule has 0 radical (unpaired) electrons. The Balaban J connectivity index is 3.93. The smallest absolute Gasteiger partial charge is 0.377 e. The normalized spacial score (nSPS) is 14.6. The van der Waals surface area contributed by atoms with Crippen LogP contribution in [-0.4, -0.2) is 60.7 Å². The molecule has 0 rings (SSSR count). The van der Waals surface area contributed by atoms with E-state index in [-0.39, 0.29) is 6.61 Å². The molecule has 11 heteroatoms. The molecule has 0 fully saturated rings. The Bertz CT molecular complexity index is 358. The quantitative estimate of drug-likeness (QED) is 0.283. The first kappa shape index (κ1) is 21.7. The summed E-state index contributed by atoms with van der Waals surface area (Å²) in [6.45, 7) is 1.68. The van der Waals surface area contributed by atoms with Gasteiger partial charge in [0.2, 0.25) is 5.91 Å². The van der Waals surface area contributed by atoms with Crippen molar-refractivity contribution in [2.75, 3.05) is 41.1 Å². The van der Waals surface area contributed by atoms with Gasteiger partial charge in [0.15, 0.2) is 0 Å². The molecule has 0 aliphatic carbocycles. The molecule has 0 saturated heterocycles. The van der Waals surface area contributed by atoms with E-state index in [4.69, 9.17) is 13.3 Å². The summed E-state index contributed by atoms with van der Waals surface area (Å²) >= 11 is 0. The van der Waals surface area contributed by atoms with Crippen LogP contribution in [0, 0.1) is 0 Å². The maximum Gasteiger partial charge on any atom is 0.500 e. The number of hydrogen-bond acceptors (Lipinski definition) is 7. The number of phosphoric ester groups is 1. The van der Waals surface area contributed by atoms with Crippen LogP contribution in [0.25, 0.3) is 0 Å². The second kappa shape index (κ2) is 11.2. The van der Waals surface area contributed by atoms with Gasteiger partial charge in [-0.15, -0.1) is 0 Å². The largest absolute Gasteiger partial charge is 0.500 e. The standard InChI is InChI=1S/C11H26NO8PSi/c1-5-8-19-21(14,15)20-10-11(13)12-7-6-9-22(16-2,17-3)18-4/h5-10H2,1-4H3,(H,12,13)(H,14,15). The summed E-state index contributed by atoms with van der Waals surface area (Å²) < 4.78 is 36.2. The van der Waals surface area contributed by atoms with Crippen molar-refractivity contribution in [3.05, 3.63) is 0 Å². The van der Waals surface area contributed by atoms with Crippen molar-refractivity contribution in [1.29, 1.82) is 0 Å². The first-order chi connectivity index (χ1) is 10.3. The van der Waals surface area contributed by atoms with Gasteiger partial charge in [-0.2, -0.15) is 0 Å². The maximum atomic E-state index is 11.5. The average molecular weight is 359 g/mol. The molecule has 0 saturated carbocycles. The Hall–Kier alpha value is -0.323. The summed E-state index contributed by atoms with van der Waals surface area (Å²) in [5, 5.41) is 2.56. The molecular formula is C11H26NO8PSi. The maximum absolute atomic E-state index is 11.5. The third-order valence-electron chi connectivity index (χ3n) is 2.73. The van der Waals surface area contributed by atoms with Crippen LogP contribution < -0.4 is 5.32 Å². The van der Waals surface area contributed by atoms with Crippen molar-refractivity contribution in [2.45, 2.75) is 25.8 Å². The number of rotatable bonds is 13. The van der Waals surface area contributed by atoms with Gasteiger partial charge in [0.25, 0.3) is 0 Å². The van der Waals surface area contributed by atoms with Gasteiger partial charge >= 0.3 is 16.6 Å². The molecule has 132 valence electrons. The van der Waals surface area contributed by atoms with E-state index < -0.39 is 29.1 Å². The van der Waals surface area contributed by atoms with E-state index in [0.717, 1.165) is 0 Å². The minimum absolute atomic E-state index is 0.0904. The van der Waals surface area contributed by atoms with E-state index in [1.54, 1.807) is 6.92 Å². The van der Waals surface area contributed by atoms with Crippen LogP contribution in [0.4, 0.5) is 0 Å². The molecule has 1 amide bonds. The molecule has 0 bridgehead atoms. The zero-order valence-electron chi connectivity index (χ0n) is 13.5. The van der Waals surface area contributed by atoms with Crippen molar-refractivity contribution in [2.24, 2.45) is 0 Å². The number of amides is 1. The van der Waals surface area contributed by atoms with Crippen LogP contribution in [0.5, 0.6) is 0 Å². The monoisotopic (exact) mass is 359 g/mol. The lowest BCUT2D eigenvalue weighted by Crippen LogP contribution is -2.43. The van der Waals surface area contributed by atoms with Crippen molar-refractivity contribution in [3.8, 4) is 0 Å². The van der Waals surface area contributed by atoms with Crippen molar-refractivity contribution in [3.63, 3.8) is 0 Å². The van der Waals surface area contributed by atoms with Gasteiger partial charge in [0, 0.05) is 33.9 Å². The lowest BCUT2D eigenvalue weighted by molar-refractivity contribution is -0.123. The van der Waals surface area contributed by atoms with Crippen LogP contribution in [-0.2, 0) is 31.7 Å². The summed E-state index contributed by atoms with van der Waals surface area (Å²) in [6.07, 6.45) is 1.15. The summed E-state index contributed by atoms with van der Waals surface area (Å²) in [4.78, 5) is 20.7. The second-order valence-electron chi connectivity index (χ2n) is 4.32. The van der Waals surface area contributed by atoms with Crippen LogP contribution >= 0.6 is 7.82 Å². The van der Waals surface area contributed by atoms with Crippen LogP contribution in [0.3, 0.4) is 0 Å². The van der Waals surface area contributed by atoms with Gasteiger partial charge in [-0.05, 0) is 12.8 Å². The fraction of sp³-hybridized carbons (Fsp3) is 0.909. The van der Waals surface area contributed by atoms with Gasteiger partial charge in [0.05, 0.1) is 6.61 Å². The third kappa shape index (κ3) is 8.96. The van der Waals surface area contributed by atoms with Crippen LogP contribution in [0.15, 0.2) is 0 Å². The molecule has 0 heterocycles. The van der Waals surface area contributed by atoms with E-state index in [1.165, 1.54) is 21.3 Å². The fourth-order valence-corrected chi connectivity index (χ4v) is 4.01. The highest BCUT2D eigenvalue weighted by Gasteiger charge is 2.36. The average Bonchev–Trinajstić information content (AvgIpc) is 2.52. The zero-order valence-corrected chi connectivity index (χ0v) is 15.4. The summed E-state index contributed by atoms with van der Waals surface area (Å²) in [5.74, 6) is -0.506. The van der Waals surface area contributed by atoms with Gasteiger partial charge in [0.1, 0.15) is 6.61 Å². The van der Waals surface area contributed by atoms with E-state index in [0.29, 0.717) is 25.4 Å². The lowest BCUT2D eigenvalue weighted by Gasteiger charge is -2.24. The van der Waals surface area contributed by atoms with Crippen molar-refractivity contribution >= 4 is 22.5 Å². The topological polar surface area (TPSA) is 113 Å². The molecule has 1 unspecified atom stereocenters. The molecule has 22 heavy (non-hydrogen) atoms. The third-order valence-corrected chi connectivity index (χ3v) is 6.53. The van der Waals surface area contributed by atoms with E-state index in [1.807, 2.05) is 0 Å². The highest BCUT2D eigenvalue weighted by Crippen LogP contribution is 2.42. The van der Waals surface area contributed by atoms with Crippen molar-refractivity contribution in [1.82, 2.24) is 5.32 Å². The highest BCUT2D eigenvalue weighted by molar-refractivity contribution is 7.47. The first-order valence-corrected chi connectivity index (χ1v) is 10.3. The fourth-order valence-electron chi connectivity index (χ4n) is 1.52. The molecule has 0 aromatic rings. The number of carbonyl (C=O) groups excluding carboxylic acids is 1. The van der Waals surface area contributed by atoms with E-state index in [2.05, 4.69) is 14.4 Å². The Morgan fingerprint density at radius 3 is 2.27 bits per heavy atom. The van der Waals surface area contributed by atoms with Crippen LogP contribution in [0.2, 0.25) is 6.04 Å². The Morgan fingerprint density at radius 2 is 1.77 bits per heavy atom. The van der Waals surface area contributed by atoms with Crippen LogP contribution in [0.1, 0.15) is 19.8 Å². The molecule has 0 aromatic carbocycles. The van der Waals surface area contributed by atoms with Gasteiger partial charge in [-0.25, -0.2) is 4.57 Å². The molecule has 0 aromatic heterocycles. The lowest BCUT2D eigenvalue weighted by atomic mass is 10.4. The van der Waals surface area contributed by atoms with Crippen molar-refractivity contribution < 1.29 is 36.6 Å². The zero-order chi connectivity index (χ0) is 17.1. The van der Waals surface area contributed by atoms with E-state index >= 15 is 0 Å². The molecule has 0 spiro atoms. The van der Waals surface area contributed by atoms with Gasteiger partial charge in [-0.1, -0.05) is 6.92 Å². The molecular weight excluding hydrogens is 333 g/mol. The first-order valence-electron chi connectivity index (χ1n) is 6.88. The molecule has 1 atom stereocenters. The number of phosphoric acid groups is 1. The Morgan fingerprint density at radius 1 is 1.18 bits per heavy atom. The Kier molecular flexibility index (Phi) is 11.1. The number of nitrogens with one attached hydrogen (secondary N) is 1. The number of hydrogen-bond donors (Lipinski definition) is 2. The van der Waals surface area contributed by atoms with E-state index in [9.17, 15) is 14.3 Å². The molecule has 0 aliphatic rings. The molecule has 0 aliphatic heterocycles. The summed E-state index contributed by atoms with van der Waals surface area (Å²) in [6, 6.07) is 0.537. The molecule has 9 nitrogen and oxygen atoms in total.